The molecule has 0 saturated heterocycles. The van der Waals surface area contributed by atoms with Gasteiger partial charge >= 0.3 is 0 Å². The van der Waals surface area contributed by atoms with Crippen LogP contribution in [-0.2, 0) is 0 Å². The Morgan fingerprint density at radius 3 is 2.20 bits per heavy atom. The number of hydrogen-bond donors (Lipinski definition) is 1. The quantitative estimate of drug-likeness (QED) is 0.627. The molecule has 0 aromatic rings. The fraction of sp³-hybridized carbons (Fsp3) is 1.00. The van der Waals surface area contributed by atoms with Gasteiger partial charge in [-0.1, -0.05) is 27.7 Å². The van der Waals surface area contributed by atoms with E-state index >= 15 is 0 Å². The van der Waals surface area contributed by atoms with Gasteiger partial charge in [0.15, 0.2) is 0 Å². The van der Waals surface area contributed by atoms with Crippen LogP contribution in [0.3, 0.4) is 0 Å². The van der Waals surface area contributed by atoms with E-state index in [2.05, 4.69) is 13.8 Å². The van der Waals surface area contributed by atoms with Gasteiger partial charge in [0, 0.05) is 1.37 Å². The Kier molecular flexibility index (Phi) is 1.48. The molecule has 60 valence electrons. The lowest BCUT2D eigenvalue weighted by Gasteiger charge is -2.07. The van der Waals surface area contributed by atoms with E-state index in [0.717, 1.165) is 0 Å². The van der Waals surface area contributed by atoms with Crippen molar-refractivity contribution in [1.29, 1.82) is 0 Å². The zero-order valence-corrected chi connectivity index (χ0v) is 7.31. The number of aliphatic hydroxyl groups is 1. The van der Waals surface area contributed by atoms with Crippen LogP contribution in [0.1, 0.15) is 35.5 Å². The molecule has 1 saturated carbocycles. The molecule has 1 N–H and O–H groups in total. The zero-order chi connectivity index (χ0) is 8.86. The molecule has 1 nitrogen and oxygen atoms in total. The summed E-state index contributed by atoms with van der Waals surface area (Å²) in [6, 6.07) is 0. The van der Waals surface area contributed by atoms with Crippen LogP contribution >= 0.6 is 0 Å². The zero-order valence-electron chi connectivity index (χ0n) is 8.31. The van der Waals surface area contributed by atoms with Crippen LogP contribution in [0.4, 0.5) is 0 Å². The van der Waals surface area contributed by atoms with Gasteiger partial charge in [-0.15, -0.1) is 0 Å². The Balaban J connectivity index is 2.73. The molecular formula is C9H18O. The van der Waals surface area contributed by atoms with E-state index in [0.29, 0.717) is 12.3 Å². The Bertz CT molecular complexity index is 167. The Morgan fingerprint density at radius 2 is 2.10 bits per heavy atom. The highest BCUT2D eigenvalue weighted by atomic mass is 16.3. The maximum atomic E-state index is 9.58. The molecule has 0 aliphatic heterocycles. The molecule has 1 aliphatic carbocycles. The van der Waals surface area contributed by atoms with Crippen LogP contribution in [0.5, 0.6) is 0 Å². The van der Waals surface area contributed by atoms with E-state index in [4.69, 9.17) is 1.37 Å². The SMILES string of the molecule is [2H][C@]1([C@@H](O)CC)C(C)C1(C)C. The minimum atomic E-state index is -0.582. The Labute approximate surface area is 64.9 Å². The highest BCUT2D eigenvalue weighted by Crippen LogP contribution is 2.59. The van der Waals surface area contributed by atoms with Crippen molar-refractivity contribution in [2.75, 3.05) is 0 Å². The molecule has 1 aliphatic rings. The first-order valence-electron chi connectivity index (χ1n) is 4.57. The fourth-order valence-corrected chi connectivity index (χ4v) is 1.75. The third-order valence-electron chi connectivity index (χ3n) is 2.96. The first-order valence-corrected chi connectivity index (χ1v) is 4.07. The third kappa shape index (κ3) is 0.968. The average molecular weight is 143 g/mol. The van der Waals surface area contributed by atoms with Crippen LogP contribution in [0.2, 0.25) is 0 Å². The summed E-state index contributed by atoms with van der Waals surface area (Å²) >= 11 is 0. The van der Waals surface area contributed by atoms with Gasteiger partial charge in [-0.05, 0) is 23.6 Å². The lowest BCUT2D eigenvalue weighted by Crippen LogP contribution is -2.11. The predicted octanol–water partition coefficient (Wildman–Crippen LogP) is 2.05. The van der Waals surface area contributed by atoms with Crippen molar-refractivity contribution in [1.82, 2.24) is 0 Å². The van der Waals surface area contributed by atoms with Crippen LogP contribution in [0, 0.1) is 17.2 Å². The summed E-state index contributed by atoms with van der Waals surface area (Å²) in [5, 5.41) is 9.58. The minimum Gasteiger partial charge on any atom is -0.393 e. The van der Waals surface area contributed by atoms with Crippen molar-refractivity contribution < 1.29 is 6.48 Å². The standard InChI is InChI=1S/C9H18O/c1-5-7(10)8-6(2)9(8,3)4/h6-8,10H,5H2,1-4H3/t6?,7-,8+/m0/s1/i8D. The molecular weight excluding hydrogens is 124 g/mol. The van der Waals surface area contributed by atoms with Crippen molar-refractivity contribution in [3.05, 3.63) is 0 Å². The molecule has 0 spiro atoms. The van der Waals surface area contributed by atoms with E-state index in [1.54, 1.807) is 0 Å². The molecule has 1 rings (SSSR count). The summed E-state index contributed by atoms with van der Waals surface area (Å²) in [6.45, 7) is 8.10. The highest BCUT2D eigenvalue weighted by molar-refractivity contribution is 5.05. The maximum Gasteiger partial charge on any atom is 0.0573 e. The summed E-state index contributed by atoms with van der Waals surface area (Å²) in [7, 11) is 0. The van der Waals surface area contributed by atoms with E-state index in [9.17, 15) is 5.11 Å². The van der Waals surface area contributed by atoms with Gasteiger partial charge in [0.1, 0.15) is 0 Å². The Hall–Kier alpha value is -0.0400. The predicted molar refractivity (Wildman–Crippen MR) is 42.7 cm³/mol. The molecule has 1 fully saturated rings. The second-order valence-corrected chi connectivity index (χ2v) is 3.82. The Morgan fingerprint density at radius 1 is 1.70 bits per heavy atom. The number of aliphatic hydroxyl groups excluding tert-OH is 1. The van der Waals surface area contributed by atoms with Gasteiger partial charge in [0.2, 0.25) is 0 Å². The van der Waals surface area contributed by atoms with Crippen LogP contribution in [0.25, 0.3) is 0 Å². The summed E-state index contributed by atoms with van der Waals surface area (Å²) < 4.78 is 8.01. The average Bonchev–Trinajstić information content (AvgIpc) is 2.34. The molecule has 0 radical (unpaired) electrons. The van der Waals surface area contributed by atoms with Gasteiger partial charge < -0.3 is 5.11 Å². The van der Waals surface area contributed by atoms with Gasteiger partial charge in [-0.3, -0.25) is 0 Å². The van der Waals surface area contributed by atoms with E-state index in [-0.39, 0.29) is 5.41 Å². The first-order chi connectivity index (χ1) is 4.89. The largest absolute Gasteiger partial charge is 0.393 e. The van der Waals surface area contributed by atoms with Gasteiger partial charge in [-0.25, -0.2) is 0 Å². The van der Waals surface area contributed by atoms with Crippen molar-refractivity contribution in [3.63, 3.8) is 0 Å². The molecule has 3 atom stereocenters. The highest BCUT2D eigenvalue weighted by Gasteiger charge is 2.57. The molecule has 0 aromatic carbocycles. The van der Waals surface area contributed by atoms with Gasteiger partial charge in [0.25, 0.3) is 0 Å². The van der Waals surface area contributed by atoms with Crippen molar-refractivity contribution >= 4 is 0 Å². The maximum absolute atomic E-state index is 9.58. The lowest BCUT2D eigenvalue weighted by atomic mass is 10.0. The molecule has 0 heterocycles. The van der Waals surface area contributed by atoms with Crippen LogP contribution in [0.15, 0.2) is 0 Å². The summed E-state index contributed by atoms with van der Waals surface area (Å²) in [5.74, 6) is -0.258. The van der Waals surface area contributed by atoms with Crippen LogP contribution < -0.4 is 0 Å². The van der Waals surface area contributed by atoms with Crippen molar-refractivity contribution in [2.24, 2.45) is 17.2 Å². The van der Waals surface area contributed by atoms with Gasteiger partial charge in [0.05, 0.1) is 6.10 Å². The third-order valence-corrected chi connectivity index (χ3v) is 2.96. The molecule has 0 bridgehead atoms. The second kappa shape index (κ2) is 2.23. The molecule has 10 heavy (non-hydrogen) atoms. The smallest absolute Gasteiger partial charge is 0.0573 e. The first kappa shape index (κ1) is 6.66. The monoisotopic (exact) mass is 143 g/mol. The van der Waals surface area contributed by atoms with E-state index in [1.807, 2.05) is 13.8 Å². The van der Waals surface area contributed by atoms with Crippen molar-refractivity contribution in [2.45, 2.75) is 40.2 Å². The summed E-state index contributed by atoms with van der Waals surface area (Å²) in [6.07, 6.45) is 0.240. The van der Waals surface area contributed by atoms with Crippen LogP contribution in [-0.4, -0.2) is 11.2 Å². The lowest BCUT2D eigenvalue weighted by molar-refractivity contribution is 0.130. The number of hydrogen-bond acceptors (Lipinski definition) is 1. The van der Waals surface area contributed by atoms with E-state index < -0.39 is 12.0 Å². The van der Waals surface area contributed by atoms with Crippen molar-refractivity contribution in [3.8, 4) is 0 Å². The molecule has 1 heteroatoms. The minimum absolute atomic E-state index is 0.00241. The molecule has 1 unspecified atom stereocenters. The summed E-state index contributed by atoms with van der Waals surface area (Å²) in [4.78, 5) is 0. The molecule has 0 amide bonds. The molecule has 0 aromatic heterocycles. The van der Waals surface area contributed by atoms with E-state index in [1.165, 1.54) is 0 Å². The second-order valence-electron chi connectivity index (χ2n) is 3.82. The normalized spacial score (nSPS) is 48.1. The number of rotatable bonds is 2. The van der Waals surface area contributed by atoms with Gasteiger partial charge in [-0.2, -0.15) is 0 Å². The fourth-order valence-electron chi connectivity index (χ4n) is 1.75. The summed E-state index contributed by atoms with van der Waals surface area (Å²) in [5.41, 5.74) is 0.00241. The topological polar surface area (TPSA) is 20.2 Å².